The lowest BCUT2D eigenvalue weighted by molar-refractivity contribution is 0.0527. The third-order valence-electron chi connectivity index (χ3n) is 2.65. The molecule has 6 heteroatoms. The van der Waals surface area contributed by atoms with Crippen LogP contribution >= 0.6 is 0 Å². The summed E-state index contributed by atoms with van der Waals surface area (Å²) >= 11 is 0. The van der Waals surface area contributed by atoms with Gasteiger partial charge in [-0.05, 0) is 20.8 Å². The molecule has 17 heavy (non-hydrogen) atoms. The number of aromatic nitrogens is 3. The van der Waals surface area contributed by atoms with Gasteiger partial charge in [-0.25, -0.2) is 4.79 Å². The predicted octanol–water partition coefficient (Wildman–Crippen LogP) is 1.11. The highest BCUT2D eigenvalue weighted by Gasteiger charge is 2.17. The molecule has 90 valence electrons. The van der Waals surface area contributed by atoms with E-state index in [0.29, 0.717) is 29.3 Å². The number of rotatable bonds is 2. The Morgan fingerprint density at radius 2 is 2.18 bits per heavy atom. The molecule has 0 aliphatic heterocycles. The highest BCUT2D eigenvalue weighted by atomic mass is 16.5. The molecule has 0 saturated heterocycles. The maximum absolute atomic E-state index is 11.7. The number of fused-ring (bicyclic) bond motifs is 1. The summed E-state index contributed by atoms with van der Waals surface area (Å²) < 4.78 is 6.69. The molecule has 0 spiro atoms. The second-order valence-electron chi connectivity index (χ2n) is 3.74. The third kappa shape index (κ3) is 1.71. The van der Waals surface area contributed by atoms with E-state index in [4.69, 9.17) is 10.5 Å². The van der Waals surface area contributed by atoms with Gasteiger partial charge in [-0.3, -0.25) is 4.40 Å². The van der Waals surface area contributed by atoms with E-state index in [0.717, 1.165) is 5.56 Å². The number of carbonyl (C=O) groups is 1. The van der Waals surface area contributed by atoms with Crippen molar-refractivity contribution in [2.75, 3.05) is 12.3 Å². The van der Waals surface area contributed by atoms with Gasteiger partial charge >= 0.3 is 5.97 Å². The van der Waals surface area contributed by atoms with Gasteiger partial charge in [0.15, 0.2) is 5.65 Å². The fraction of sp³-hybridized carbons (Fsp3) is 0.364. The summed E-state index contributed by atoms with van der Waals surface area (Å²) in [5.74, 6) is 0.275. The largest absolute Gasteiger partial charge is 0.462 e. The van der Waals surface area contributed by atoms with E-state index in [9.17, 15) is 4.79 Å². The Kier molecular flexibility index (Phi) is 2.71. The Morgan fingerprint density at radius 1 is 1.47 bits per heavy atom. The van der Waals surface area contributed by atoms with Crippen LogP contribution < -0.4 is 5.73 Å². The zero-order valence-corrected chi connectivity index (χ0v) is 10.0. The number of nitrogens with zero attached hydrogens (tertiary/aromatic N) is 3. The van der Waals surface area contributed by atoms with Crippen molar-refractivity contribution in [2.24, 2.45) is 0 Å². The van der Waals surface area contributed by atoms with Gasteiger partial charge in [-0.1, -0.05) is 0 Å². The zero-order valence-electron chi connectivity index (χ0n) is 10.0. The minimum Gasteiger partial charge on any atom is -0.462 e. The second-order valence-corrected chi connectivity index (χ2v) is 3.74. The van der Waals surface area contributed by atoms with E-state index in [2.05, 4.69) is 10.2 Å². The van der Waals surface area contributed by atoms with Gasteiger partial charge < -0.3 is 10.5 Å². The summed E-state index contributed by atoms with van der Waals surface area (Å²) in [6, 6.07) is 0. The first-order valence-electron chi connectivity index (χ1n) is 5.33. The van der Waals surface area contributed by atoms with E-state index < -0.39 is 5.97 Å². The minimum absolute atomic E-state index is 0.316. The first-order valence-corrected chi connectivity index (χ1v) is 5.33. The molecule has 0 aromatic carbocycles. The van der Waals surface area contributed by atoms with Crippen molar-refractivity contribution in [2.45, 2.75) is 20.8 Å². The van der Waals surface area contributed by atoms with Crippen molar-refractivity contribution in [3.63, 3.8) is 0 Å². The van der Waals surface area contributed by atoms with Crippen LogP contribution in [0.5, 0.6) is 0 Å². The van der Waals surface area contributed by atoms with E-state index in [1.54, 1.807) is 17.5 Å². The number of nitrogen functional groups attached to an aromatic ring is 1. The molecule has 0 atom stereocenters. The summed E-state index contributed by atoms with van der Waals surface area (Å²) in [4.78, 5) is 11.7. The molecule has 0 bridgehead atoms. The molecular weight excluding hydrogens is 220 g/mol. The van der Waals surface area contributed by atoms with Gasteiger partial charge in [0, 0.05) is 11.8 Å². The van der Waals surface area contributed by atoms with Crippen LogP contribution in [0.25, 0.3) is 5.65 Å². The molecule has 2 aromatic rings. The van der Waals surface area contributed by atoms with E-state index in [1.807, 2.05) is 13.8 Å². The first-order chi connectivity index (χ1) is 8.06. The lowest BCUT2D eigenvalue weighted by Crippen LogP contribution is -2.11. The molecule has 0 aliphatic rings. The Bertz CT molecular complexity index is 589. The number of pyridine rings is 1. The van der Waals surface area contributed by atoms with E-state index in [1.165, 1.54) is 0 Å². The van der Waals surface area contributed by atoms with Crippen molar-refractivity contribution in [1.29, 1.82) is 0 Å². The number of nitrogens with two attached hydrogens (primary N) is 1. The van der Waals surface area contributed by atoms with Crippen molar-refractivity contribution in [3.05, 3.63) is 23.1 Å². The standard InChI is InChI=1S/C11H14N4O2/c1-4-17-11(16)8-5-15-7(3)13-14-10(15)6(2)9(8)12/h5H,4,12H2,1-3H3. The third-order valence-corrected chi connectivity index (χ3v) is 2.65. The molecule has 0 unspecified atom stereocenters. The highest BCUT2D eigenvalue weighted by Crippen LogP contribution is 2.22. The lowest BCUT2D eigenvalue weighted by Gasteiger charge is -2.09. The van der Waals surface area contributed by atoms with Gasteiger partial charge in [-0.2, -0.15) is 0 Å². The Balaban J connectivity index is 2.68. The molecule has 2 heterocycles. The molecule has 0 amide bonds. The van der Waals surface area contributed by atoms with Gasteiger partial charge in [0.2, 0.25) is 0 Å². The van der Waals surface area contributed by atoms with Crippen LogP contribution in [0.4, 0.5) is 5.69 Å². The molecule has 0 saturated carbocycles. The molecule has 0 fully saturated rings. The van der Waals surface area contributed by atoms with Gasteiger partial charge in [-0.15, -0.1) is 10.2 Å². The summed E-state index contributed by atoms with van der Waals surface area (Å²) in [6.45, 7) is 5.69. The molecule has 0 aliphatic carbocycles. The van der Waals surface area contributed by atoms with Crippen LogP contribution in [-0.4, -0.2) is 27.2 Å². The fourth-order valence-electron chi connectivity index (χ4n) is 1.67. The second kappa shape index (κ2) is 4.04. The number of carbonyl (C=O) groups excluding carboxylic acids is 1. The van der Waals surface area contributed by atoms with Gasteiger partial charge in [0.25, 0.3) is 0 Å². The van der Waals surface area contributed by atoms with Crippen molar-refractivity contribution in [1.82, 2.24) is 14.6 Å². The molecule has 2 aromatic heterocycles. The van der Waals surface area contributed by atoms with Crippen LogP contribution in [0.2, 0.25) is 0 Å². The molecular formula is C11H14N4O2. The summed E-state index contributed by atoms with van der Waals surface area (Å²) in [5.41, 5.74) is 8.04. The van der Waals surface area contributed by atoms with Crippen LogP contribution in [0, 0.1) is 13.8 Å². The summed E-state index contributed by atoms with van der Waals surface area (Å²) in [6.07, 6.45) is 1.62. The lowest BCUT2D eigenvalue weighted by atomic mass is 10.1. The number of aryl methyl sites for hydroxylation is 2. The Morgan fingerprint density at radius 3 is 2.82 bits per heavy atom. The first kappa shape index (κ1) is 11.4. The average molecular weight is 234 g/mol. The number of anilines is 1. The topological polar surface area (TPSA) is 82.5 Å². The number of hydrogen-bond acceptors (Lipinski definition) is 5. The molecule has 2 N–H and O–H groups in total. The normalized spacial score (nSPS) is 10.8. The zero-order chi connectivity index (χ0) is 12.6. The summed E-state index contributed by atoms with van der Waals surface area (Å²) in [7, 11) is 0. The summed E-state index contributed by atoms with van der Waals surface area (Å²) in [5, 5.41) is 7.96. The average Bonchev–Trinajstić information content (AvgIpc) is 2.66. The van der Waals surface area contributed by atoms with E-state index >= 15 is 0 Å². The maximum atomic E-state index is 11.7. The number of esters is 1. The Labute approximate surface area is 98.4 Å². The molecule has 6 nitrogen and oxygen atoms in total. The monoisotopic (exact) mass is 234 g/mol. The number of hydrogen-bond donors (Lipinski definition) is 1. The van der Waals surface area contributed by atoms with Crippen LogP contribution in [0.3, 0.4) is 0 Å². The van der Waals surface area contributed by atoms with Crippen molar-refractivity contribution < 1.29 is 9.53 Å². The Hall–Kier alpha value is -2.11. The highest BCUT2D eigenvalue weighted by molar-refractivity contribution is 5.96. The van der Waals surface area contributed by atoms with Crippen molar-refractivity contribution in [3.8, 4) is 0 Å². The smallest absolute Gasteiger partial charge is 0.341 e. The minimum atomic E-state index is -0.428. The quantitative estimate of drug-likeness (QED) is 0.787. The van der Waals surface area contributed by atoms with Gasteiger partial charge in [0.1, 0.15) is 5.82 Å². The van der Waals surface area contributed by atoms with Gasteiger partial charge in [0.05, 0.1) is 17.9 Å². The SMILES string of the molecule is CCOC(=O)c1cn2c(C)nnc2c(C)c1N. The predicted molar refractivity (Wildman–Crippen MR) is 62.8 cm³/mol. The van der Waals surface area contributed by atoms with E-state index in [-0.39, 0.29) is 0 Å². The van der Waals surface area contributed by atoms with Crippen molar-refractivity contribution >= 4 is 17.3 Å². The van der Waals surface area contributed by atoms with Crippen LogP contribution in [-0.2, 0) is 4.74 Å². The van der Waals surface area contributed by atoms with Crippen LogP contribution in [0.1, 0.15) is 28.7 Å². The molecule has 0 radical (unpaired) electrons. The fourth-order valence-corrected chi connectivity index (χ4v) is 1.67. The number of ether oxygens (including phenoxy) is 1. The molecule has 2 rings (SSSR count). The maximum Gasteiger partial charge on any atom is 0.341 e. The van der Waals surface area contributed by atoms with Crippen LogP contribution in [0.15, 0.2) is 6.20 Å².